The maximum Gasteiger partial charge on any atom is 0.244 e. The molecule has 0 saturated heterocycles. The molecule has 0 radical (unpaired) electrons. The van der Waals surface area contributed by atoms with Gasteiger partial charge < -0.3 is 15.2 Å². The van der Waals surface area contributed by atoms with Crippen LogP contribution < -0.4 is 15.2 Å². The number of aromatic nitrogens is 2. The molecule has 0 amide bonds. The number of nitrogens with two attached hydrogens (primary N) is 1. The second-order valence-corrected chi connectivity index (χ2v) is 8.65. The molecule has 0 saturated carbocycles. The van der Waals surface area contributed by atoms with Crippen LogP contribution in [0.25, 0.3) is 0 Å². The third-order valence-corrected chi connectivity index (χ3v) is 6.37. The van der Waals surface area contributed by atoms with Crippen molar-refractivity contribution in [2.75, 3.05) is 0 Å². The molecular weight excluding hydrogens is 408 g/mol. The van der Waals surface area contributed by atoms with E-state index in [2.05, 4.69) is 22.3 Å². The summed E-state index contributed by atoms with van der Waals surface area (Å²) in [7, 11) is 0. The van der Waals surface area contributed by atoms with Crippen LogP contribution >= 0.6 is 22.9 Å². The molecule has 0 spiro atoms. The Kier molecular flexibility index (Phi) is 4.99. The number of nitrogens with zero attached hydrogens (tertiary/aromatic N) is 2. The van der Waals surface area contributed by atoms with Crippen molar-refractivity contribution >= 4 is 22.9 Å². The summed E-state index contributed by atoms with van der Waals surface area (Å²) in [6, 6.07) is 9.84. The Labute approximate surface area is 177 Å². The van der Waals surface area contributed by atoms with E-state index in [1.807, 2.05) is 39.0 Å². The molecular formula is C21H19ClN4O2S. The van der Waals surface area contributed by atoms with E-state index in [-0.39, 0.29) is 11.8 Å². The molecule has 1 aliphatic heterocycles. The zero-order valence-corrected chi connectivity index (χ0v) is 17.7. The molecule has 0 bridgehead atoms. The first kappa shape index (κ1) is 19.4. The lowest BCUT2D eigenvalue weighted by Crippen LogP contribution is -2.20. The predicted octanol–water partition coefficient (Wildman–Crippen LogP) is 4.85. The average Bonchev–Trinajstić information content (AvgIpc) is 3.22. The van der Waals surface area contributed by atoms with E-state index in [9.17, 15) is 5.26 Å². The highest BCUT2D eigenvalue weighted by Gasteiger charge is 2.35. The van der Waals surface area contributed by atoms with Gasteiger partial charge >= 0.3 is 0 Å². The average molecular weight is 427 g/mol. The van der Waals surface area contributed by atoms with Crippen LogP contribution in [0.4, 0.5) is 0 Å². The van der Waals surface area contributed by atoms with Gasteiger partial charge in [-0.05, 0) is 50.6 Å². The number of aromatic amines is 1. The molecule has 1 aromatic carbocycles. The third kappa shape index (κ3) is 3.46. The van der Waals surface area contributed by atoms with Crippen molar-refractivity contribution in [1.29, 1.82) is 5.26 Å². The number of H-pyrrole nitrogens is 1. The maximum absolute atomic E-state index is 9.70. The number of fused-ring (bicyclic) bond motifs is 1. The molecule has 148 valence electrons. The lowest BCUT2D eigenvalue weighted by atomic mass is 9.88. The summed E-state index contributed by atoms with van der Waals surface area (Å²) >= 11 is 7.64. The van der Waals surface area contributed by atoms with Crippen LogP contribution in [0.3, 0.4) is 0 Å². The monoisotopic (exact) mass is 426 g/mol. The zero-order valence-electron chi connectivity index (χ0n) is 16.2. The van der Waals surface area contributed by atoms with E-state index in [0.29, 0.717) is 23.1 Å². The van der Waals surface area contributed by atoms with Crippen molar-refractivity contribution in [2.24, 2.45) is 5.73 Å². The number of nitriles is 1. The Balaban J connectivity index is 1.67. The number of hydrogen-bond donors (Lipinski definition) is 2. The lowest BCUT2D eigenvalue weighted by molar-refractivity contribution is 0.304. The van der Waals surface area contributed by atoms with E-state index in [1.54, 1.807) is 11.3 Å². The summed E-state index contributed by atoms with van der Waals surface area (Å²) in [6.07, 6.45) is 0. The molecule has 3 N–H and O–H groups in total. The van der Waals surface area contributed by atoms with Gasteiger partial charge in [-0.15, -0.1) is 16.4 Å². The first-order valence-corrected chi connectivity index (χ1v) is 10.2. The van der Waals surface area contributed by atoms with Gasteiger partial charge in [-0.2, -0.15) is 5.26 Å². The van der Waals surface area contributed by atoms with Gasteiger partial charge in [0.2, 0.25) is 11.8 Å². The fraction of sp³-hybridized carbons (Fsp3) is 0.238. The van der Waals surface area contributed by atoms with Crippen molar-refractivity contribution in [2.45, 2.75) is 33.3 Å². The fourth-order valence-corrected chi connectivity index (χ4v) is 4.83. The zero-order chi connectivity index (χ0) is 20.7. The SMILES string of the molecule is Cc1cc(Cl)ccc1OCc1cc([C@H]2C(C#N)=C(N)Oc3n[nH]c(C)c32)sc1C. The highest BCUT2D eigenvalue weighted by Crippen LogP contribution is 2.45. The van der Waals surface area contributed by atoms with Crippen molar-refractivity contribution in [3.8, 4) is 17.7 Å². The van der Waals surface area contributed by atoms with Gasteiger partial charge in [0, 0.05) is 26.0 Å². The van der Waals surface area contributed by atoms with Crippen LogP contribution in [0.5, 0.6) is 11.6 Å². The van der Waals surface area contributed by atoms with Gasteiger partial charge in [-0.25, -0.2) is 0 Å². The van der Waals surface area contributed by atoms with E-state index >= 15 is 0 Å². The number of halogens is 1. The highest BCUT2D eigenvalue weighted by molar-refractivity contribution is 7.12. The smallest absolute Gasteiger partial charge is 0.244 e. The fourth-order valence-electron chi connectivity index (χ4n) is 3.44. The minimum absolute atomic E-state index is 0.0946. The van der Waals surface area contributed by atoms with E-state index < -0.39 is 0 Å². The molecule has 0 fully saturated rings. The molecule has 0 unspecified atom stereocenters. The molecule has 8 heteroatoms. The van der Waals surface area contributed by atoms with E-state index in [0.717, 1.165) is 37.9 Å². The number of aryl methyl sites for hydroxylation is 3. The van der Waals surface area contributed by atoms with Gasteiger partial charge in [0.05, 0.1) is 11.5 Å². The number of benzene rings is 1. The molecule has 29 heavy (non-hydrogen) atoms. The van der Waals surface area contributed by atoms with Crippen molar-refractivity contribution < 1.29 is 9.47 Å². The number of ether oxygens (including phenoxy) is 2. The first-order chi connectivity index (χ1) is 13.9. The van der Waals surface area contributed by atoms with Crippen LogP contribution in [0, 0.1) is 32.1 Å². The molecule has 6 nitrogen and oxygen atoms in total. The van der Waals surface area contributed by atoms with Crippen molar-refractivity contribution in [1.82, 2.24) is 10.2 Å². The minimum atomic E-state index is -0.308. The third-order valence-electron chi connectivity index (χ3n) is 4.97. The van der Waals surface area contributed by atoms with Gasteiger partial charge in [-0.1, -0.05) is 11.6 Å². The molecule has 3 heterocycles. The number of hydrogen-bond acceptors (Lipinski definition) is 6. The molecule has 1 atom stereocenters. The normalized spacial score (nSPS) is 15.6. The summed E-state index contributed by atoms with van der Waals surface area (Å²) in [5.74, 6) is 1.00. The second-order valence-electron chi connectivity index (χ2n) is 6.92. The number of allylic oxidation sites excluding steroid dienone is 1. The minimum Gasteiger partial charge on any atom is -0.489 e. The summed E-state index contributed by atoms with van der Waals surface area (Å²) in [6.45, 7) is 6.34. The number of thiophene rings is 1. The van der Waals surface area contributed by atoms with Gasteiger partial charge in [0.25, 0.3) is 0 Å². The number of rotatable bonds is 4. The summed E-state index contributed by atoms with van der Waals surface area (Å²) in [5, 5.41) is 17.5. The Morgan fingerprint density at radius 1 is 1.34 bits per heavy atom. The van der Waals surface area contributed by atoms with Gasteiger partial charge in [0.1, 0.15) is 24.0 Å². The predicted molar refractivity (Wildman–Crippen MR) is 112 cm³/mol. The Morgan fingerprint density at radius 2 is 2.14 bits per heavy atom. The number of nitrogens with one attached hydrogen (secondary N) is 1. The summed E-state index contributed by atoms with van der Waals surface area (Å²) in [5.41, 5.74) is 10.1. The standard InChI is InChI=1S/C21H19ClN4O2S/c1-10-6-14(22)4-5-16(10)27-9-13-7-17(29-12(13)3)19-15(8-23)20(24)28-21-18(19)11(2)25-26-21/h4-7,19H,9,24H2,1-3H3,(H,25,26)/t19-/m1/s1. The van der Waals surface area contributed by atoms with E-state index in [1.165, 1.54) is 0 Å². The van der Waals surface area contributed by atoms with E-state index in [4.69, 9.17) is 26.8 Å². The molecule has 4 rings (SSSR count). The highest BCUT2D eigenvalue weighted by atomic mass is 35.5. The Morgan fingerprint density at radius 3 is 2.86 bits per heavy atom. The Hall–Kier alpha value is -2.95. The second kappa shape index (κ2) is 7.47. The largest absolute Gasteiger partial charge is 0.489 e. The van der Waals surface area contributed by atoms with Crippen LogP contribution in [0.15, 0.2) is 35.7 Å². The van der Waals surface area contributed by atoms with Crippen LogP contribution in [0.1, 0.15) is 38.1 Å². The molecule has 2 aromatic heterocycles. The van der Waals surface area contributed by atoms with Crippen molar-refractivity contribution in [3.05, 3.63) is 72.9 Å². The molecule has 0 aliphatic carbocycles. The maximum atomic E-state index is 9.70. The van der Waals surface area contributed by atoms with Crippen molar-refractivity contribution in [3.63, 3.8) is 0 Å². The summed E-state index contributed by atoms with van der Waals surface area (Å²) in [4.78, 5) is 2.12. The van der Waals surface area contributed by atoms with Gasteiger partial charge in [-0.3, -0.25) is 5.10 Å². The van der Waals surface area contributed by atoms with Gasteiger partial charge in [0.15, 0.2) is 0 Å². The van der Waals surface area contributed by atoms with Crippen LogP contribution in [0.2, 0.25) is 5.02 Å². The first-order valence-electron chi connectivity index (χ1n) is 8.99. The quantitative estimate of drug-likeness (QED) is 0.621. The summed E-state index contributed by atoms with van der Waals surface area (Å²) < 4.78 is 11.5. The lowest BCUT2D eigenvalue weighted by Gasteiger charge is -2.22. The topological polar surface area (TPSA) is 96.9 Å². The molecule has 1 aliphatic rings. The van der Waals surface area contributed by atoms with Crippen LogP contribution in [-0.4, -0.2) is 10.2 Å². The van der Waals surface area contributed by atoms with Crippen LogP contribution in [-0.2, 0) is 6.61 Å². The molecule has 3 aromatic rings. The Bertz CT molecular complexity index is 1170.